The van der Waals surface area contributed by atoms with E-state index in [1.54, 1.807) is 0 Å². The zero-order valence-electron chi connectivity index (χ0n) is 10.9. The summed E-state index contributed by atoms with van der Waals surface area (Å²) in [7, 11) is 2.30. The number of piperazine rings is 1. The molecule has 2 fully saturated rings. The van der Waals surface area contributed by atoms with E-state index in [9.17, 15) is 0 Å². The molecule has 2 unspecified atom stereocenters. The fraction of sp³-hybridized carbons (Fsp3) is 1.00. The van der Waals surface area contributed by atoms with Crippen LogP contribution < -0.4 is 5.32 Å². The standard InChI is InChI=1S/C13H27N3/c1-12-11-16(10-7-14-12)9-6-13-5-3-4-8-15(13)2/h12-14H,3-11H2,1-2H3. The average molecular weight is 225 g/mol. The first-order valence-corrected chi connectivity index (χ1v) is 6.91. The third-order valence-corrected chi connectivity index (χ3v) is 4.15. The molecule has 0 aromatic rings. The third kappa shape index (κ3) is 3.44. The monoisotopic (exact) mass is 225 g/mol. The number of likely N-dealkylation sites (tertiary alicyclic amines) is 1. The fourth-order valence-electron chi connectivity index (χ4n) is 3.06. The lowest BCUT2D eigenvalue weighted by atomic mass is 10.00. The Hall–Kier alpha value is -0.120. The van der Waals surface area contributed by atoms with Crippen LogP contribution in [0.5, 0.6) is 0 Å². The highest BCUT2D eigenvalue weighted by atomic mass is 15.2. The molecule has 2 atom stereocenters. The topological polar surface area (TPSA) is 18.5 Å². The van der Waals surface area contributed by atoms with Gasteiger partial charge in [0.25, 0.3) is 0 Å². The lowest BCUT2D eigenvalue weighted by molar-refractivity contribution is 0.140. The molecule has 2 saturated heterocycles. The normalized spacial score (nSPS) is 34.1. The maximum atomic E-state index is 3.51. The van der Waals surface area contributed by atoms with Crippen LogP contribution in [0.2, 0.25) is 0 Å². The maximum absolute atomic E-state index is 3.51. The summed E-state index contributed by atoms with van der Waals surface area (Å²) in [5, 5.41) is 3.51. The van der Waals surface area contributed by atoms with E-state index in [1.807, 2.05) is 0 Å². The highest BCUT2D eigenvalue weighted by molar-refractivity contribution is 4.79. The molecule has 0 spiro atoms. The average Bonchev–Trinajstić information content (AvgIpc) is 2.28. The number of rotatable bonds is 3. The van der Waals surface area contributed by atoms with Crippen LogP contribution in [0, 0.1) is 0 Å². The Kier molecular flexibility index (Phi) is 4.62. The van der Waals surface area contributed by atoms with Gasteiger partial charge in [0.15, 0.2) is 0 Å². The first kappa shape index (κ1) is 12.3. The largest absolute Gasteiger partial charge is 0.312 e. The zero-order chi connectivity index (χ0) is 11.4. The Balaban J connectivity index is 1.69. The van der Waals surface area contributed by atoms with Crippen molar-refractivity contribution in [3.05, 3.63) is 0 Å². The van der Waals surface area contributed by atoms with Crippen molar-refractivity contribution in [1.29, 1.82) is 0 Å². The minimum Gasteiger partial charge on any atom is -0.312 e. The van der Waals surface area contributed by atoms with E-state index in [1.165, 1.54) is 58.4 Å². The van der Waals surface area contributed by atoms with E-state index in [-0.39, 0.29) is 0 Å². The molecule has 0 aromatic carbocycles. The van der Waals surface area contributed by atoms with Crippen LogP contribution in [0.4, 0.5) is 0 Å². The van der Waals surface area contributed by atoms with Gasteiger partial charge in [0.1, 0.15) is 0 Å². The van der Waals surface area contributed by atoms with Crippen LogP contribution in [-0.2, 0) is 0 Å². The minimum absolute atomic E-state index is 0.679. The SMILES string of the molecule is CC1CN(CCC2CCCCN2C)CCN1. The molecule has 2 heterocycles. The summed E-state index contributed by atoms with van der Waals surface area (Å²) >= 11 is 0. The van der Waals surface area contributed by atoms with Crippen molar-refractivity contribution in [1.82, 2.24) is 15.1 Å². The van der Waals surface area contributed by atoms with Gasteiger partial charge in [-0.2, -0.15) is 0 Å². The number of hydrogen-bond acceptors (Lipinski definition) is 3. The van der Waals surface area contributed by atoms with E-state index >= 15 is 0 Å². The number of nitrogens with one attached hydrogen (secondary N) is 1. The van der Waals surface area contributed by atoms with Gasteiger partial charge in [0.05, 0.1) is 0 Å². The smallest absolute Gasteiger partial charge is 0.0167 e. The zero-order valence-corrected chi connectivity index (χ0v) is 10.9. The summed E-state index contributed by atoms with van der Waals surface area (Å²) in [5.74, 6) is 0. The van der Waals surface area contributed by atoms with Crippen molar-refractivity contribution < 1.29 is 0 Å². The second-order valence-corrected chi connectivity index (χ2v) is 5.57. The summed E-state index contributed by atoms with van der Waals surface area (Å²) in [6.07, 6.45) is 5.62. The molecule has 0 bridgehead atoms. The molecule has 94 valence electrons. The van der Waals surface area contributed by atoms with Gasteiger partial charge in [-0.15, -0.1) is 0 Å². The van der Waals surface area contributed by atoms with E-state index in [2.05, 4.69) is 29.1 Å². The molecule has 0 amide bonds. The van der Waals surface area contributed by atoms with Crippen molar-refractivity contribution in [3.8, 4) is 0 Å². The molecule has 16 heavy (non-hydrogen) atoms. The molecule has 3 nitrogen and oxygen atoms in total. The van der Waals surface area contributed by atoms with Gasteiger partial charge in [0.2, 0.25) is 0 Å². The van der Waals surface area contributed by atoms with Crippen molar-refractivity contribution in [2.45, 2.75) is 44.7 Å². The highest BCUT2D eigenvalue weighted by Gasteiger charge is 2.21. The Labute approximate surface area is 100 Å². The third-order valence-electron chi connectivity index (χ3n) is 4.15. The molecular weight excluding hydrogens is 198 g/mol. The molecule has 2 aliphatic heterocycles. The first-order valence-electron chi connectivity index (χ1n) is 6.91. The Morgan fingerprint density at radius 1 is 1.25 bits per heavy atom. The molecule has 0 saturated carbocycles. The summed E-state index contributed by atoms with van der Waals surface area (Å²) in [4.78, 5) is 5.19. The lowest BCUT2D eigenvalue weighted by Gasteiger charge is -2.36. The molecule has 3 heteroatoms. The molecule has 0 radical (unpaired) electrons. The minimum atomic E-state index is 0.679. The Bertz CT molecular complexity index is 207. The fourth-order valence-corrected chi connectivity index (χ4v) is 3.06. The highest BCUT2D eigenvalue weighted by Crippen LogP contribution is 2.18. The first-order chi connectivity index (χ1) is 7.75. The van der Waals surface area contributed by atoms with Gasteiger partial charge in [-0.1, -0.05) is 6.42 Å². The maximum Gasteiger partial charge on any atom is 0.0167 e. The summed E-state index contributed by atoms with van der Waals surface area (Å²) < 4.78 is 0. The van der Waals surface area contributed by atoms with Gasteiger partial charge in [-0.25, -0.2) is 0 Å². The molecule has 0 aliphatic carbocycles. The van der Waals surface area contributed by atoms with Crippen molar-refractivity contribution in [3.63, 3.8) is 0 Å². The van der Waals surface area contributed by atoms with Crippen molar-refractivity contribution >= 4 is 0 Å². The van der Waals surface area contributed by atoms with Crippen molar-refractivity contribution in [2.75, 3.05) is 39.8 Å². The molecule has 2 rings (SSSR count). The molecule has 0 aromatic heterocycles. The summed E-state index contributed by atoms with van der Waals surface area (Å²) in [6, 6.07) is 1.52. The Morgan fingerprint density at radius 2 is 2.12 bits per heavy atom. The van der Waals surface area contributed by atoms with E-state index < -0.39 is 0 Å². The summed E-state index contributed by atoms with van der Waals surface area (Å²) in [5.41, 5.74) is 0. The van der Waals surface area contributed by atoms with Crippen molar-refractivity contribution in [2.24, 2.45) is 0 Å². The molecular formula is C13H27N3. The van der Waals surface area contributed by atoms with Gasteiger partial charge in [-0.3, -0.25) is 0 Å². The van der Waals surface area contributed by atoms with Gasteiger partial charge >= 0.3 is 0 Å². The second kappa shape index (κ2) is 5.99. The van der Waals surface area contributed by atoms with E-state index in [0.29, 0.717) is 6.04 Å². The quantitative estimate of drug-likeness (QED) is 0.777. The number of piperidine rings is 1. The van der Waals surface area contributed by atoms with Crippen LogP contribution >= 0.6 is 0 Å². The van der Waals surface area contributed by atoms with E-state index in [4.69, 9.17) is 0 Å². The van der Waals surface area contributed by atoms with Crippen LogP contribution in [0.15, 0.2) is 0 Å². The van der Waals surface area contributed by atoms with Crippen LogP contribution in [0.1, 0.15) is 32.6 Å². The molecule has 2 aliphatic rings. The summed E-state index contributed by atoms with van der Waals surface area (Å²) in [6.45, 7) is 8.53. The lowest BCUT2D eigenvalue weighted by Crippen LogP contribution is -2.50. The van der Waals surface area contributed by atoms with Gasteiger partial charge in [-0.05, 0) is 46.3 Å². The Morgan fingerprint density at radius 3 is 2.88 bits per heavy atom. The van der Waals surface area contributed by atoms with Crippen LogP contribution in [0.3, 0.4) is 0 Å². The molecule has 1 N–H and O–H groups in total. The van der Waals surface area contributed by atoms with Gasteiger partial charge < -0.3 is 15.1 Å². The predicted molar refractivity (Wildman–Crippen MR) is 68.8 cm³/mol. The van der Waals surface area contributed by atoms with Crippen LogP contribution in [-0.4, -0.2) is 61.7 Å². The van der Waals surface area contributed by atoms with E-state index in [0.717, 1.165) is 6.04 Å². The van der Waals surface area contributed by atoms with Crippen LogP contribution in [0.25, 0.3) is 0 Å². The van der Waals surface area contributed by atoms with Gasteiger partial charge in [0, 0.05) is 31.7 Å². The number of hydrogen-bond donors (Lipinski definition) is 1. The number of nitrogens with zero attached hydrogens (tertiary/aromatic N) is 2. The predicted octanol–water partition coefficient (Wildman–Crippen LogP) is 1.15. The second-order valence-electron chi connectivity index (χ2n) is 5.57.